The molecule has 2 atom stereocenters. The lowest BCUT2D eigenvalue weighted by molar-refractivity contribution is 0.481. The molecule has 0 bridgehead atoms. The zero-order chi connectivity index (χ0) is 18.9. The third-order valence-corrected chi connectivity index (χ3v) is 6.55. The summed E-state index contributed by atoms with van der Waals surface area (Å²) in [5.74, 6) is 0.480. The van der Waals surface area contributed by atoms with Gasteiger partial charge in [0.05, 0.1) is 5.54 Å². The van der Waals surface area contributed by atoms with Gasteiger partial charge in [0.15, 0.2) is 0 Å². The number of nitrogens with one attached hydrogen (secondary N) is 1. The van der Waals surface area contributed by atoms with Gasteiger partial charge >= 0.3 is 0 Å². The van der Waals surface area contributed by atoms with Gasteiger partial charge in [0.2, 0.25) is 0 Å². The van der Waals surface area contributed by atoms with E-state index in [1.54, 1.807) is 0 Å². The molecule has 0 aliphatic heterocycles. The van der Waals surface area contributed by atoms with Gasteiger partial charge in [0.1, 0.15) is 0 Å². The van der Waals surface area contributed by atoms with Crippen molar-refractivity contribution in [3.8, 4) is 0 Å². The maximum atomic E-state index is 6.41. The van der Waals surface area contributed by atoms with E-state index in [0.29, 0.717) is 5.92 Å². The second-order valence-corrected chi connectivity index (χ2v) is 8.06. The molecule has 0 aromatic heterocycles. The van der Waals surface area contributed by atoms with E-state index in [1.165, 1.54) is 27.8 Å². The van der Waals surface area contributed by atoms with E-state index in [0.717, 1.165) is 24.3 Å². The summed E-state index contributed by atoms with van der Waals surface area (Å²) in [7, 11) is 2.07. The van der Waals surface area contributed by atoms with Gasteiger partial charge in [-0.1, -0.05) is 78.3 Å². The standard InChI is InChI=1S/C25H26ClN/c1-25(27-2)22-12-6-3-10-20(22)17-19(21-11-5-7-13-23(21)25)16-15-18-9-4-8-14-24(18)26/h3-14,19,27H,15-17H2,1-2H3. The molecular formula is C25H26ClN. The first-order valence-corrected chi connectivity index (χ1v) is 10.1. The van der Waals surface area contributed by atoms with Crippen molar-refractivity contribution in [1.29, 1.82) is 0 Å². The maximum Gasteiger partial charge on any atom is 0.0664 e. The van der Waals surface area contributed by atoms with Crippen LogP contribution in [0.15, 0.2) is 72.8 Å². The lowest BCUT2D eigenvalue weighted by atomic mass is 9.81. The SMILES string of the molecule is CNC1(C)c2ccccc2CC(CCc2ccccc2Cl)c2ccccc21. The number of hydrogen-bond donors (Lipinski definition) is 1. The molecule has 27 heavy (non-hydrogen) atoms. The molecule has 2 heteroatoms. The van der Waals surface area contributed by atoms with E-state index < -0.39 is 0 Å². The van der Waals surface area contributed by atoms with Crippen molar-refractivity contribution in [2.45, 2.75) is 37.6 Å². The molecule has 2 unspecified atom stereocenters. The van der Waals surface area contributed by atoms with E-state index in [1.807, 2.05) is 12.1 Å². The zero-order valence-electron chi connectivity index (χ0n) is 16.0. The van der Waals surface area contributed by atoms with Crippen LogP contribution in [0.25, 0.3) is 0 Å². The maximum absolute atomic E-state index is 6.41. The van der Waals surface area contributed by atoms with Crippen molar-refractivity contribution in [2.75, 3.05) is 7.05 Å². The van der Waals surface area contributed by atoms with Gasteiger partial charge in [-0.2, -0.15) is 0 Å². The molecule has 0 saturated heterocycles. The predicted octanol–water partition coefficient (Wildman–Crippen LogP) is 6.10. The Kier molecular flexibility index (Phi) is 5.08. The number of rotatable bonds is 4. The van der Waals surface area contributed by atoms with Crippen molar-refractivity contribution >= 4 is 11.6 Å². The molecule has 0 radical (unpaired) electrons. The summed E-state index contributed by atoms with van der Waals surface area (Å²) < 4.78 is 0. The highest BCUT2D eigenvalue weighted by atomic mass is 35.5. The van der Waals surface area contributed by atoms with E-state index in [9.17, 15) is 0 Å². The Balaban J connectivity index is 1.77. The van der Waals surface area contributed by atoms with Crippen LogP contribution in [-0.4, -0.2) is 7.05 Å². The normalized spacial score (nSPS) is 21.2. The first kappa shape index (κ1) is 18.3. The van der Waals surface area contributed by atoms with Crippen molar-refractivity contribution in [1.82, 2.24) is 5.32 Å². The number of fused-ring (bicyclic) bond motifs is 2. The third kappa shape index (κ3) is 3.31. The molecule has 3 aromatic rings. The van der Waals surface area contributed by atoms with Crippen molar-refractivity contribution in [2.24, 2.45) is 0 Å². The van der Waals surface area contributed by atoms with Crippen molar-refractivity contribution < 1.29 is 0 Å². The second-order valence-electron chi connectivity index (χ2n) is 7.65. The summed E-state index contributed by atoms with van der Waals surface area (Å²) in [6, 6.07) is 26.0. The molecule has 138 valence electrons. The summed E-state index contributed by atoms with van der Waals surface area (Å²) in [6.45, 7) is 2.31. The van der Waals surface area contributed by atoms with Crippen LogP contribution >= 0.6 is 11.6 Å². The van der Waals surface area contributed by atoms with Crippen LogP contribution < -0.4 is 5.32 Å². The number of hydrogen-bond acceptors (Lipinski definition) is 1. The Labute approximate surface area is 167 Å². The van der Waals surface area contributed by atoms with Crippen LogP contribution in [0.5, 0.6) is 0 Å². The molecule has 1 aliphatic carbocycles. The molecule has 0 amide bonds. The average molecular weight is 376 g/mol. The summed E-state index contributed by atoms with van der Waals surface area (Å²) in [5, 5.41) is 4.49. The van der Waals surface area contributed by atoms with E-state index >= 15 is 0 Å². The molecule has 0 saturated carbocycles. The van der Waals surface area contributed by atoms with Gasteiger partial charge in [0, 0.05) is 5.02 Å². The Bertz CT molecular complexity index is 948. The highest BCUT2D eigenvalue weighted by Gasteiger charge is 2.36. The zero-order valence-corrected chi connectivity index (χ0v) is 16.8. The minimum Gasteiger partial charge on any atom is -0.307 e. The van der Waals surface area contributed by atoms with Gasteiger partial charge in [-0.05, 0) is 73.0 Å². The molecule has 0 heterocycles. The fourth-order valence-electron chi connectivity index (χ4n) is 4.57. The molecule has 1 aliphatic rings. The monoisotopic (exact) mass is 375 g/mol. The molecule has 1 nitrogen and oxygen atoms in total. The van der Waals surface area contributed by atoms with Crippen molar-refractivity contribution in [3.05, 3.63) is 106 Å². The molecule has 4 rings (SSSR count). The molecule has 1 N–H and O–H groups in total. The molecule has 0 fully saturated rings. The Morgan fingerprint density at radius 3 is 2.37 bits per heavy atom. The first-order valence-electron chi connectivity index (χ1n) is 9.73. The topological polar surface area (TPSA) is 12.0 Å². The number of halogens is 1. The minimum absolute atomic E-state index is 0.174. The Morgan fingerprint density at radius 2 is 1.59 bits per heavy atom. The van der Waals surface area contributed by atoms with Crippen LogP contribution in [0.1, 0.15) is 47.1 Å². The Hall–Kier alpha value is -2.09. The van der Waals surface area contributed by atoms with Gasteiger partial charge in [-0.15, -0.1) is 0 Å². The van der Waals surface area contributed by atoms with Gasteiger partial charge in [0.25, 0.3) is 0 Å². The number of benzene rings is 3. The fourth-order valence-corrected chi connectivity index (χ4v) is 4.80. The van der Waals surface area contributed by atoms with Crippen LogP contribution in [0.2, 0.25) is 5.02 Å². The average Bonchev–Trinajstić information content (AvgIpc) is 2.81. The van der Waals surface area contributed by atoms with E-state index in [2.05, 4.69) is 80.0 Å². The smallest absolute Gasteiger partial charge is 0.0664 e. The summed E-state index contributed by atoms with van der Waals surface area (Å²) in [5.41, 5.74) is 6.74. The third-order valence-electron chi connectivity index (χ3n) is 6.18. The molecule has 0 spiro atoms. The highest BCUT2D eigenvalue weighted by Crippen LogP contribution is 2.42. The number of aryl methyl sites for hydroxylation is 1. The lowest BCUT2D eigenvalue weighted by Gasteiger charge is -2.32. The van der Waals surface area contributed by atoms with Crippen LogP contribution in [0.4, 0.5) is 0 Å². The van der Waals surface area contributed by atoms with E-state index in [4.69, 9.17) is 11.6 Å². The highest BCUT2D eigenvalue weighted by molar-refractivity contribution is 6.31. The van der Waals surface area contributed by atoms with Crippen LogP contribution in [-0.2, 0) is 18.4 Å². The summed E-state index contributed by atoms with van der Waals surface area (Å²) in [6.07, 6.45) is 3.15. The largest absolute Gasteiger partial charge is 0.307 e. The molecule has 3 aromatic carbocycles. The fraction of sp³-hybridized carbons (Fsp3) is 0.280. The second kappa shape index (κ2) is 7.50. The van der Waals surface area contributed by atoms with Gasteiger partial charge < -0.3 is 5.32 Å². The molecular weight excluding hydrogens is 350 g/mol. The summed E-state index contributed by atoms with van der Waals surface area (Å²) in [4.78, 5) is 0. The van der Waals surface area contributed by atoms with Crippen molar-refractivity contribution in [3.63, 3.8) is 0 Å². The lowest BCUT2D eigenvalue weighted by Crippen LogP contribution is -2.38. The Morgan fingerprint density at radius 1 is 0.926 bits per heavy atom. The minimum atomic E-state index is -0.174. The van der Waals surface area contributed by atoms with Gasteiger partial charge in [-0.25, -0.2) is 0 Å². The quantitative estimate of drug-likeness (QED) is 0.581. The first-order chi connectivity index (χ1) is 13.1. The van der Waals surface area contributed by atoms with Crippen LogP contribution in [0, 0.1) is 0 Å². The van der Waals surface area contributed by atoms with Gasteiger partial charge in [-0.3, -0.25) is 0 Å². The summed E-state index contributed by atoms with van der Waals surface area (Å²) >= 11 is 6.41. The van der Waals surface area contributed by atoms with Crippen LogP contribution in [0.3, 0.4) is 0 Å². The predicted molar refractivity (Wildman–Crippen MR) is 115 cm³/mol. The van der Waals surface area contributed by atoms with E-state index in [-0.39, 0.29) is 5.54 Å².